The van der Waals surface area contributed by atoms with Gasteiger partial charge in [0.1, 0.15) is 6.61 Å². The molecule has 0 radical (unpaired) electrons. The first-order valence-electron chi connectivity index (χ1n) is 10.7. The highest BCUT2D eigenvalue weighted by Crippen LogP contribution is 2.34. The second-order valence-corrected chi connectivity index (χ2v) is 8.17. The van der Waals surface area contributed by atoms with Crippen LogP contribution in [0.5, 0.6) is 0 Å². The molecule has 1 fully saturated rings. The maximum absolute atomic E-state index is 12.5. The first-order chi connectivity index (χ1) is 14.4. The predicted molar refractivity (Wildman–Crippen MR) is 116 cm³/mol. The van der Waals surface area contributed by atoms with Crippen LogP contribution < -0.4 is 0 Å². The second-order valence-electron chi connectivity index (χ2n) is 8.17. The molecule has 1 saturated heterocycles. The smallest absolute Gasteiger partial charge is 0.334 e. The van der Waals surface area contributed by atoms with E-state index in [1.807, 2.05) is 55.9 Å². The van der Waals surface area contributed by atoms with Crippen LogP contribution in [0.2, 0.25) is 0 Å². The minimum atomic E-state index is -1.22. The number of cyclic esters (lactones) is 1. The molecule has 1 aromatic heterocycles. The lowest BCUT2D eigenvalue weighted by molar-refractivity contribution is -0.169. The van der Waals surface area contributed by atoms with Crippen molar-refractivity contribution in [3.8, 4) is 0 Å². The topological polar surface area (TPSA) is 77.8 Å². The summed E-state index contributed by atoms with van der Waals surface area (Å²) in [6.07, 6.45) is 7.31. The molecule has 1 aliphatic heterocycles. The molecule has 2 heterocycles. The maximum atomic E-state index is 12.5. The summed E-state index contributed by atoms with van der Waals surface area (Å²) in [5.74, 6) is -0.920. The maximum Gasteiger partial charge on any atom is 0.334 e. The summed E-state index contributed by atoms with van der Waals surface area (Å²) in [5.41, 5.74) is 1.17. The molecule has 0 bridgehead atoms. The van der Waals surface area contributed by atoms with Crippen LogP contribution in [-0.4, -0.2) is 40.4 Å². The van der Waals surface area contributed by atoms with Crippen molar-refractivity contribution in [1.29, 1.82) is 0 Å². The number of carbonyl (C=O) groups excluding carboxylic acids is 2. The van der Waals surface area contributed by atoms with Gasteiger partial charge < -0.3 is 19.1 Å². The van der Waals surface area contributed by atoms with E-state index >= 15 is 0 Å². The van der Waals surface area contributed by atoms with Crippen molar-refractivity contribution in [1.82, 2.24) is 4.57 Å². The Balaban J connectivity index is 1.77. The van der Waals surface area contributed by atoms with Crippen LogP contribution in [-0.2, 0) is 26.1 Å². The van der Waals surface area contributed by atoms with Crippen LogP contribution in [0.25, 0.3) is 17.0 Å². The van der Waals surface area contributed by atoms with E-state index in [4.69, 9.17) is 9.47 Å². The van der Waals surface area contributed by atoms with Crippen molar-refractivity contribution in [3.63, 3.8) is 0 Å². The number of aromatic nitrogens is 1. The Bertz CT molecular complexity index is 938. The van der Waals surface area contributed by atoms with Gasteiger partial charge in [-0.1, -0.05) is 44.9 Å². The summed E-state index contributed by atoms with van der Waals surface area (Å²) in [5, 5.41) is 11.0. The van der Waals surface area contributed by atoms with Gasteiger partial charge in [0.2, 0.25) is 0 Å². The molecule has 1 unspecified atom stereocenters. The number of ether oxygens (including phenoxy) is 2. The van der Waals surface area contributed by atoms with E-state index < -0.39 is 18.2 Å². The number of carbonyl (C=O) groups is 2. The van der Waals surface area contributed by atoms with Crippen LogP contribution in [0, 0.1) is 5.92 Å². The zero-order valence-corrected chi connectivity index (χ0v) is 18.0. The van der Waals surface area contributed by atoms with Crippen molar-refractivity contribution in [2.24, 2.45) is 13.0 Å². The number of esters is 2. The third-order valence-corrected chi connectivity index (χ3v) is 5.72. The van der Waals surface area contributed by atoms with Gasteiger partial charge in [-0.2, -0.15) is 0 Å². The molecule has 0 amide bonds. The van der Waals surface area contributed by atoms with Gasteiger partial charge >= 0.3 is 11.9 Å². The third kappa shape index (κ3) is 4.59. The van der Waals surface area contributed by atoms with Gasteiger partial charge in [0.15, 0.2) is 5.60 Å². The van der Waals surface area contributed by atoms with Crippen molar-refractivity contribution in [3.05, 3.63) is 41.6 Å². The van der Waals surface area contributed by atoms with E-state index in [1.54, 1.807) is 6.08 Å². The number of hydrogen-bond donors (Lipinski definition) is 1. The second kappa shape index (κ2) is 9.47. The van der Waals surface area contributed by atoms with E-state index in [0.29, 0.717) is 5.57 Å². The average Bonchev–Trinajstić information content (AvgIpc) is 3.27. The van der Waals surface area contributed by atoms with Crippen LogP contribution >= 0.6 is 0 Å². The van der Waals surface area contributed by atoms with E-state index in [1.165, 1.54) is 0 Å². The molecule has 1 aliphatic rings. The number of rotatable bonds is 9. The van der Waals surface area contributed by atoms with Crippen molar-refractivity contribution >= 4 is 28.9 Å². The molecular formula is C24H31NO5. The summed E-state index contributed by atoms with van der Waals surface area (Å²) in [4.78, 5) is 25.0. The Hall–Kier alpha value is -2.60. The molecule has 6 nitrogen and oxygen atoms in total. The van der Waals surface area contributed by atoms with Gasteiger partial charge in [-0.15, -0.1) is 0 Å². The first-order valence-corrected chi connectivity index (χ1v) is 10.7. The van der Waals surface area contributed by atoms with Crippen LogP contribution in [0.1, 0.15) is 51.5 Å². The zero-order valence-electron chi connectivity index (χ0n) is 18.0. The van der Waals surface area contributed by atoms with Crippen molar-refractivity contribution in [2.45, 2.75) is 51.6 Å². The number of aryl methyl sites for hydroxylation is 1. The lowest BCUT2D eigenvalue weighted by Crippen LogP contribution is -2.40. The van der Waals surface area contributed by atoms with Crippen molar-refractivity contribution in [2.75, 3.05) is 13.2 Å². The fraction of sp³-hybridized carbons (Fsp3) is 0.500. The van der Waals surface area contributed by atoms with E-state index in [9.17, 15) is 14.7 Å². The normalized spacial score (nSPS) is 20.3. The molecular weight excluding hydrogens is 382 g/mol. The summed E-state index contributed by atoms with van der Waals surface area (Å²) >= 11 is 0. The van der Waals surface area contributed by atoms with Crippen LogP contribution in [0.3, 0.4) is 0 Å². The summed E-state index contributed by atoms with van der Waals surface area (Å²) in [6, 6.07) is 7.93. The molecule has 162 valence electrons. The Morgan fingerprint density at radius 3 is 2.70 bits per heavy atom. The van der Waals surface area contributed by atoms with Gasteiger partial charge in [0.05, 0.1) is 18.0 Å². The Kier molecular flexibility index (Phi) is 6.98. The quantitative estimate of drug-likeness (QED) is 0.497. The fourth-order valence-electron chi connectivity index (χ4n) is 4.13. The van der Waals surface area contributed by atoms with E-state index in [2.05, 4.69) is 0 Å². The minimum Gasteiger partial charge on any atom is -0.461 e. The lowest BCUT2D eigenvalue weighted by Gasteiger charge is -2.25. The molecule has 0 saturated carbocycles. The van der Waals surface area contributed by atoms with Crippen molar-refractivity contribution < 1.29 is 24.2 Å². The molecule has 0 aliphatic carbocycles. The molecule has 1 atom stereocenters. The first kappa shape index (κ1) is 22.1. The number of aliphatic hydroxyl groups excluding tert-OH is 1. The molecule has 30 heavy (non-hydrogen) atoms. The van der Waals surface area contributed by atoms with E-state index in [0.717, 1.165) is 42.1 Å². The molecule has 1 aromatic carbocycles. The van der Waals surface area contributed by atoms with Crippen LogP contribution in [0.4, 0.5) is 0 Å². The summed E-state index contributed by atoms with van der Waals surface area (Å²) < 4.78 is 13.0. The number of benzene rings is 1. The fourth-order valence-corrected chi connectivity index (χ4v) is 4.13. The number of aliphatic hydroxyl groups is 1. The minimum absolute atomic E-state index is 0.135. The Morgan fingerprint density at radius 1 is 1.30 bits per heavy atom. The Labute approximate surface area is 177 Å². The molecule has 0 spiro atoms. The lowest BCUT2D eigenvalue weighted by atomic mass is 9.96. The Morgan fingerprint density at radius 2 is 2.03 bits per heavy atom. The third-order valence-electron chi connectivity index (χ3n) is 5.72. The molecule has 2 aromatic rings. The highest BCUT2D eigenvalue weighted by Gasteiger charge is 2.45. The SMILES string of the molecule is CCCC(CCC)C(=O)OCC1(CO)C/C(=C\c2cccc3ccn(C)c23)C(=O)O1. The molecule has 1 N–H and O–H groups in total. The standard InChI is InChI=1S/C24H31NO5/c1-4-7-18(8-5-2)22(27)29-16-24(15-26)14-20(23(28)30-24)13-19-10-6-9-17-11-12-25(3)21(17)19/h6,9-13,18,26H,4-5,7-8,14-16H2,1-3H3/b20-13+. The molecule has 3 rings (SSSR count). The average molecular weight is 414 g/mol. The highest BCUT2D eigenvalue weighted by atomic mass is 16.6. The monoisotopic (exact) mass is 413 g/mol. The largest absolute Gasteiger partial charge is 0.461 e. The number of para-hydroxylation sites is 1. The summed E-state index contributed by atoms with van der Waals surface area (Å²) in [6.45, 7) is 3.54. The number of fused-ring (bicyclic) bond motifs is 1. The predicted octanol–water partition coefficient (Wildman–Crippen LogP) is 4.00. The van der Waals surface area contributed by atoms with Gasteiger partial charge in [0, 0.05) is 30.6 Å². The van der Waals surface area contributed by atoms with Gasteiger partial charge in [-0.25, -0.2) is 4.79 Å². The van der Waals surface area contributed by atoms with Crippen LogP contribution in [0.15, 0.2) is 36.0 Å². The zero-order chi connectivity index (χ0) is 21.7. The van der Waals surface area contributed by atoms with Gasteiger partial charge in [0.25, 0.3) is 0 Å². The highest BCUT2D eigenvalue weighted by molar-refractivity contribution is 5.99. The van der Waals surface area contributed by atoms with Gasteiger partial charge in [-0.05, 0) is 30.5 Å². The van der Waals surface area contributed by atoms with Gasteiger partial charge in [-0.3, -0.25) is 4.79 Å². The number of hydrogen-bond acceptors (Lipinski definition) is 5. The van der Waals surface area contributed by atoms with E-state index in [-0.39, 0.29) is 24.9 Å². The number of nitrogens with zero attached hydrogens (tertiary/aromatic N) is 1. The summed E-state index contributed by atoms with van der Waals surface area (Å²) in [7, 11) is 1.96. The molecule has 6 heteroatoms.